The summed E-state index contributed by atoms with van der Waals surface area (Å²) in [5.41, 5.74) is 15.0. The number of hydrogen-bond acceptors (Lipinski definition) is 10. The largest absolute Gasteiger partial charge is 0.550 e. The van der Waals surface area contributed by atoms with Crippen LogP contribution in [-0.2, 0) is 44.9 Å². The Kier molecular flexibility index (Phi) is 43.9. The normalized spacial score (nSPS) is 13.8. The summed E-state index contributed by atoms with van der Waals surface area (Å²) in [4.78, 5) is 43.0. The van der Waals surface area contributed by atoms with E-state index in [0.29, 0.717) is 63.5 Å². The molecule has 12 N–H and O–H groups in total. The summed E-state index contributed by atoms with van der Waals surface area (Å²) < 4.78 is 0. The molecule has 0 heterocycles. The number of quaternary nitrogens is 2. The molecule has 0 spiro atoms. The van der Waals surface area contributed by atoms with Gasteiger partial charge in [0.15, 0.2) is 0 Å². The van der Waals surface area contributed by atoms with Crippen LogP contribution in [-0.4, -0.2) is 76.9 Å². The number of carboxylic acid groups (broad SMARTS) is 4. The van der Waals surface area contributed by atoms with Gasteiger partial charge in [0, 0.05) is 35.9 Å². The Morgan fingerprint density at radius 2 is 0.527 bits per heavy atom. The fraction of sp³-hybridized carbons (Fsp3) is 0.494. The quantitative estimate of drug-likeness (QED) is 0.0252. The van der Waals surface area contributed by atoms with Gasteiger partial charge in [-0.1, -0.05) is 258 Å². The maximum atomic E-state index is 10.8. The van der Waals surface area contributed by atoms with Crippen molar-refractivity contribution in [3.05, 3.63) is 213 Å². The molecule has 0 amide bonds. The van der Waals surface area contributed by atoms with Gasteiger partial charge in [0.25, 0.3) is 0 Å². The standard InChI is InChI=1S/4C15H22O3.2C8H11N.3CH4/c4*1-11(2)15(18,10-14(16)17)9-8-13-6-4-12(3)5-7-13;2*1-7(9)8-5-3-2-4-6-8;;;/h4*4-7,11,18H,8-10H2,1-3H3,(H,16,17);2*2-7H,9H2,1H3;3*1H4/t2*15-;;;2*7-;;;/m00..11.../s1. The first-order chi connectivity index (χ1) is 41.9. The fourth-order valence-corrected chi connectivity index (χ4v) is 9.37. The van der Waals surface area contributed by atoms with Crippen LogP contribution < -0.4 is 21.7 Å². The van der Waals surface area contributed by atoms with Gasteiger partial charge in [0.2, 0.25) is 0 Å². The Morgan fingerprint density at radius 1 is 0.344 bits per heavy atom. The molecule has 6 aromatic carbocycles. The molecule has 0 aliphatic carbocycles. The number of carboxylic acids is 4. The van der Waals surface area contributed by atoms with Crippen LogP contribution in [0.15, 0.2) is 158 Å². The van der Waals surface area contributed by atoms with E-state index in [9.17, 15) is 49.8 Å². The lowest BCUT2D eigenvalue weighted by Crippen LogP contribution is -2.51. The Balaban J connectivity index is -0.00000106. The van der Waals surface area contributed by atoms with Gasteiger partial charge in [0.05, 0.1) is 35.2 Å². The van der Waals surface area contributed by atoms with Gasteiger partial charge >= 0.3 is 11.9 Å². The number of carbonyl (C=O) groups is 4. The van der Waals surface area contributed by atoms with Gasteiger partial charge in [-0.05, 0) is 139 Å². The molecule has 0 bridgehead atoms. The SMILES string of the molecule is C.C.C.C[C@@H]([NH3+])c1ccccc1.C[C@@H]([NH3+])c1ccccc1.Cc1ccc(CCC(O)(CC(=O)O)C(C)C)cc1.Cc1ccc(CCC(O)(CC(=O)O)C(C)C)cc1.Cc1ccc(CC[C@](O)(CC(=O)[O-])C(C)C)cc1.Cc1ccc(CC[C@](O)(CC(=O)[O-])C(C)C)cc1. The van der Waals surface area contributed by atoms with Crippen molar-refractivity contribution in [3.63, 3.8) is 0 Å². The van der Waals surface area contributed by atoms with E-state index in [0.717, 1.165) is 22.3 Å². The van der Waals surface area contributed by atoms with Crippen molar-refractivity contribution < 1.29 is 71.5 Å². The smallest absolute Gasteiger partial charge is 0.306 e. The number of benzene rings is 6. The average Bonchev–Trinajstić information content (AvgIpc) is 1.06. The Bertz CT molecular complexity index is 2590. The lowest BCUT2D eigenvalue weighted by atomic mass is 9.82. The van der Waals surface area contributed by atoms with E-state index in [-0.39, 0.29) is 71.6 Å². The Morgan fingerprint density at radius 3 is 0.667 bits per heavy atom. The summed E-state index contributed by atoms with van der Waals surface area (Å²) in [6.07, 6.45) is 3.53. The molecule has 0 fully saturated rings. The van der Waals surface area contributed by atoms with Crippen LogP contribution in [0.3, 0.4) is 0 Å². The average molecular weight is 1290 g/mol. The number of carbonyl (C=O) groups excluding carboxylic acids is 2. The molecule has 6 atom stereocenters. The summed E-state index contributed by atoms with van der Waals surface area (Å²) in [6, 6.07) is 53.7. The first kappa shape index (κ1) is 90.2. The summed E-state index contributed by atoms with van der Waals surface area (Å²) in [5.74, 6) is -4.66. The highest BCUT2D eigenvalue weighted by Crippen LogP contribution is 2.31. The number of aryl methyl sites for hydroxylation is 8. The van der Waals surface area contributed by atoms with Crippen molar-refractivity contribution in [2.75, 3.05) is 0 Å². The number of aliphatic carboxylic acids is 4. The second-order valence-corrected chi connectivity index (χ2v) is 25.8. The first-order valence-electron chi connectivity index (χ1n) is 31.7. The highest BCUT2D eigenvalue weighted by molar-refractivity contribution is 5.68. The predicted octanol–water partition coefficient (Wildman–Crippen LogP) is 12.4. The molecule has 14 heteroatoms. The molecule has 0 saturated carbocycles. The molecule has 0 aliphatic rings. The zero-order chi connectivity index (χ0) is 68.4. The van der Waals surface area contributed by atoms with Gasteiger partial charge < -0.3 is 61.9 Å². The van der Waals surface area contributed by atoms with Crippen LogP contribution in [0, 0.1) is 51.4 Å². The van der Waals surface area contributed by atoms with E-state index >= 15 is 0 Å². The molecule has 93 heavy (non-hydrogen) atoms. The zero-order valence-corrected chi connectivity index (χ0v) is 56.5. The summed E-state index contributed by atoms with van der Waals surface area (Å²) in [6.45, 7) is 27.0. The lowest BCUT2D eigenvalue weighted by Gasteiger charge is -2.32. The molecular weight excluding hydrogens is 1170 g/mol. The highest BCUT2D eigenvalue weighted by atomic mass is 16.4. The topological polar surface area (TPSA) is 291 Å². The van der Waals surface area contributed by atoms with Crippen LogP contribution in [0.25, 0.3) is 0 Å². The molecule has 6 aromatic rings. The van der Waals surface area contributed by atoms with Crippen LogP contribution in [0.2, 0.25) is 0 Å². The summed E-state index contributed by atoms with van der Waals surface area (Å²) in [5, 5.41) is 80.6. The van der Waals surface area contributed by atoms with Crippen LogP contribution in [0.5, 0.6) is 0 Å². The van der Waals surface area contributed by atoms with Gasteiger partial charge in [0.1, 0.15) is 12.1 Å². The van der Waals surface area contributed by atoms with Gasteiger partial charge in [-0.3, -0.25) is 9.59 Å². The molecule has 6 rings (SSSR count). The van der Waals surface area contributed by atoms with Gasteiger partial charge in [-0.2, -0.15) is 0 Å². The van der Waals surface area contributed by atoms with E-state index in [2.05, 4.69) is 49.6 Å². The predicted molar refractivity (Wildman–Crippen MR) is 377 cm³/mol. The maximum Gasteiger partial charge on any atom is 0.306 e. The molecule has 0 radical (unpaired) electrons. The van der Waals surface area contributed by atoms with Crippen molar-refractivity contribution in [2.45, 2.75) is 231 Å². The van der Waals surface area contributed by atoms with Crippen molar-refractivity contribution in [1.82, 2.24) is 0 Å². The summed E-state index contributed by atoms with van der Waals surface area (Å²) in [7, 11) is 0. The number of aliphatic hydroxyl groups is 4. The van der Waals surface area contributed by atoms with Crippen molar-refractivity contribution >= 4 is 23.9 Å². The lowest BCUT2D eigenvalue weighted by molar-refractivity contribution is -0.420. The van der Waals surface area contributed by atoms with E-state index < -0.39 is 46.3 Å². The fourth-order valence-electron chi connectivity index (χ4n) is 9.37. The third kappa shape index (κ3) is 37.4. The molecule has 0 saturated heterocycles. The number of rotatable bonds is 26. The molecule has 0 aliphatic heterocycles. The van der Waals surface area contributed by atoms with Crippen LogP contribution in [0.4, 0.5) is 0 Å². The van der Waals surface area contributed by atoms with E-state index in [4.69, 9.17) is 10.2 Å². The maximum absolute atomic E-state index is 10.8. The third-order valence-electron chi connectivity index (χ3n) is 16.7. The molecule has 0 aromatic heterocycles. The van der Waals surface area contributed by atoms with Crippen molar-refractivity contribution in [2.24, 2.45) is 23.7 Å². The minimum atomic E-state index is -1.20. The monoisotopic (exact) mass is 1290 g/mol. The zero-order valence-electron chi connectivity index (χ0n) is 56.5. The second-order valence-electron chi connectivity index (χ2n) is 25.8. The molecule has 2 unspecified atom stereocenters. The Labute approximate surface area is 560 Å². The van der Waals surface area contributed by atoms with Crippen LogP contribution in [0.1, 0.15) is 211 Å². The molecule has 14 nitrogen and oxygen atoms in total. The molecular formula is C79H122N2O12. The van der Waals surface area contributed by atoms with Crippen molar-refractivity contribution in [1.29, 1.82) is 0 Å². The highest BCUT2D eigenvalue weighted by Gasteiger charge is 2.35. The van der Waals surface area contributed by atoms with Gasteiger partial charge in [-0.25, -0.2) is 0 Å². The minimum absolute atomic E-state index is 0. The summed E-state index contributed by atoms with van der Waals surface area (Å²) >= 11 is 0. The van der Waals surface area contributed by atoms with Gasteiger partial charge in [-0.15, -0.1) is 0 Å². The number of hydrogen-bond donors (Lipinski definition) is 8. The second kappa shape index (κ2) is 45.3. The van der Waals surface area contributed by atoms with Crippen molar-refractivity contribution in [3.8, 4) is 0 Å². The van der Waals surface area contributed by atoms with Crippen LogP contribution >= 0.6 is 0 Å². The first-order valence-corrected chi connectivity index (χ1v) is 31.7. The third-order valence-corrected chi connectivity index (χ3v) is 16.7. The Hall–Kier alpha value is -7.04. The van der Waals surface area contributed by atoms with E-state index in [1.165, 1.54) is 33.4 Å². The molecule has 520 valence electrons. The van der Waals surface area contributed by atoms with E-state index in [1.807, 2.05) is 217 Å². The van der Waals surface area contributed by atoms with E-state index in [1.54, 1.807) is 0 Å². The minimum Gasteiger partial charge on any atom is -0.550 e.